The average Bonchev–Trinajstić information content (AvgIpc) is 3.10. The second-order valence-corrected chi connectivity index (χ2v) is 6.14. The number of carbonyl (C=O) groups is 1. The number of aromatic nitrogens is 4. The predicted molar refractivity (Wildman–Crippen MR) is 95.8 cm³/mol. The minimum Gasteiger partial charge on any atom is -0.394 e. The van der Waals surface area contributed by atoms with Crippen LogP contribution >= 0.6 is 0 Å². The topological polar surface area (TPSA) is 112 Å². The number of nitrogens with zero attached hydrogens (tertiary/aromatic N) is 3. The molecule has 0 aliphatic carbocycles. The van der Waals surface area contributed by atoms with Gasteiger partial charge in [0, 0.05) is 12.0 Å². The molecule has 136 valence electrons. The van der Waals surface area contributed by atoms with Crippen LogP contribution < -0.4 is 10.9 Å². The van der Waals surface area contributed by atoms with Gasteiger partial charge in [-0.25, -0.2) is 9.97 Å². The normalized spacial score (nSPS) is 12.2. The molecule has 0 aliphatic rings. The van der Waals surface area contributed by atoms with Crippen LogP contribution in [0.3, 0.4) is 0 Å². The zero-order chi connectivity index (χ0) is 18.5. The van der Waals surface area contributed by atoms with E-state index in [4.69, 9.17) is 0 Å². The molecule has 2 heterocycles. The lowest BCUT2D eigenvalue weighted by Gasteiger charge is -2.16. The largest absolute Gasteiger partial charge is 0.394 e. The van der Waals surface area contributed by atoms with Gasteiger partial charge in [0.05, 0.1) is 18.3 Å². The second-order valence-electron chi connectivity index (χ2n) is 6.14. The summed E-state index contributed by atoms with van der Waals surface area (Å²) in [5.41, 5.74) is 1.83. The van der Waals surface area contributed by atoms with Crippen LogP contribution in [0.5, 0.6) is 0 Å². The molecule has 0 saturated heterocycles. The van der Waals surface area contributed by atoms with Crippen molar-refractivity contribution >= 4 is 11.7 Å². The van der Waals surface area contributed by atoms with Gasteiger partial charge >= 0.3 is 0 Å². The molecule has 0 fully saturated rings. The summed E-state index contributed by atoms with van der Waals surface area (Å²) in [5, 5.41) is 15.0. The predicted octanol–water partition coefficient (Wildman–Crippen LogP) is 0.378. The number of fused-ring (bicyclic) bond motifs is 1. The number of hydrogen-bond acceptors (Lipinski definition) is 5. The number of amides is 1. The van der Waals surface area contributed by atoms with Crippen molar-refractivity contribution in [3.05, 3.63) is 63.8 Å². The van der Waals surface area contributed by atoms with E-state index in [2.05, 4.69) is 20.4 Å². The molecule has 0 spiro atoms. The maximum atomic E-state index is 12.4. The Bertz CT molecular complexity index is 948. The fourth-order valence-corrected chi connectivity index (χ4v) is 2.88. The molecular weight excluding hydrogens is 334 g/mol. The monoisotopic (exact) mass is 355 g/mol. The maximum absolute atomic E-state index is 12.4. The summed E-state index contributed by atoms with van der Waals surface area (Å²) in [6.45, 7) is 1.58. The minimum absolute atomic E-state index is 0.142. The zero-order valence-electron chi connectivity index (χ0n) is 14.5. The lowest BCUT2D eigenvalue weighted by molar-refractivity contribution is -0.122. The van der Waals surface area contributed by atoms with E-state index in [1.807, 2.05) is 30.3 Å². The van der Waals surface area contributed by atoms with Crippen molar-refractivity contribution in [1.29, 1.82) is 0 Å². The lowest BCUT2D eigenvalue weighted by Crippen LogP contribution is -2.39. The van der Waals surface area contributed by atoms with Crippen LogP contribution in [0.15, 0.2) is 41.5 Å². The van der Waals surface area contributed by atoms with Gasteiger partial charge in [0.2, 0.25) is 5.91 Å². The number of benzene rings is 1. The van der Waals surface area contributed by atoms with Crippen LogP contribution in [0.25, 0.3) is 5.78 Å². The number of aromatic amines is 1. The molecule has 3 aromatic rings. The van der Waals surface area contributed by atoms with Crippen molar-refractivity contribution in [2.45, 2.75) is 32.2 Å². The molecule has 2 aromatic heterocycles. The summed E-state index contributed by atoms with van der Waals surface area (Å²) < 4.78 is 1.26. The molecule has 26 heavy (non-hydrogen) atoms. The Morgan fingerprint density at radius 1 is 1.35 bits per heavy atom. The molecule has 8 heteroatoms. The van der Waals surface area contributed by atoms with E-state index >= 15 is 0 Å². The van der Waals surface area contributed by atoms with E-state index < -0.39 is 0 Å². The quantitative estimate of drug-likeness (QED) is 0.567. The highest BCUT2D eigenvalue weighted by Crippen LogP contribution is 2.06. The number of rotatable bonds is 7. The number of hydrogen-bond donors (Lipinski definition) is 3. The first-order valence-corrected chi connectivity index (χ1v) is 8.44. The summed E-state index contributed by atoms with van der Waals surface area (Å²) in [6, 6.07) is 9.29. The van der Waals surface area contributed by atoms with E-state index in [0.29, 0.717) is 23.5 Å². The van der Waals surface area contributed by atoms with Gasteiger partial charge in [-0.05, 0) is 25.3 Å². The van der Waals surface area contributed by atoms with Gasteiger partial charge < -0.3 is 10.4 Å². The standard InChI is InChI=1S/C18H21N5O3/c1-12-15(17(26)23-18(21-12)19-11-20-23)7-8-16(25)22-14(10-24)9-13-5-3-2-4-6-13/h2-6,11,14,24H,7-10H2,1H3,(H,22,25)(H,19,20,21)/t14-/m1/s1. The molecule has 1 aromatic carbocycles. The molecule has 0 unspecified atom stereocenters. The Balaban J connectivity index is 1.62. The first-order chi connectivity index (χ1) is 12.6. The third-order valence-corrected chi connectivity index (χ3v) is 4.25. The summed E-state index contributed by atoms with van der Waals surface area (Å²) in [5.74, 6) is 0.0948. The smallest absolute Gasteiger partial charge is 0.277 e. The molecule has 8 nitrogen and oxygen atoms in total. The number of carbonyl (C=O) groups excluding carboxylic acids is 1. The summed E-state index contributed by atoms with van der Waals surface area (Å²) in [6.07, 6.45) is 2.36. The van der Waals surface area contributed by atoms with E-state index in [-0.39, 0.29) is 37.0 Å². The van der Waals surface area contributed by atoms with Crippen LogP contribution in [0.4, 0.5) is 0 Å². The van der Waals surface area contributed by atoms with Crippen molar-refractivity contribution in [3.63, 3.8) is 0 Å². The van der Waals surface area contributed by atoms with Crippen molar-refractivity contribution in [3.8, 4) is 0 Å². The van der Waals surface area contributed by atoms with Gasteiger partial charge in [0.25, 0.3) is 11.3 Å². The number of aliphatic hydroxyl groups excluding tert-OH is 1. The summed E-state index contributed by atoms with van der Waals surface area (Å²) in [7, 11) is 0. The highest BCUT2D eigenvalue weighted by atomic mass is 16.3. The lowest BCUT2D eigenvalue weighted by atomic mass is 10.1. The molecule has 0 aliphatic heterocycles. The molecule has 0 radical (unpaired) electrons. The third kappa shape index (κ3) is 3.97. The number of H-pyrrole nitrogens is 1. The van der Waals surface area contributed by atoms with Crippen molar-refractivity contribution in [1.82, 2.24) is 24.9 Å². The fraction of sp³-hybridized carbons (Fsp3) is 0.333. The Labute approximate surface area is 149 Å². The van der Waals surface area contributed by atoms with E-state index in [0.717, 1.165) is 5.56 Å². The van der Waals surface area contributed by atoms with Crippen molar-refractivity contribution in [2.75, 3.05) is 6.61 Å². The van der Waals surface area contributed by atoms with Crippen LogP contribution in [0, 0.1) is 6.92 Å². The van der Waals surface area contributed by atoms with Crippen molar-refractivity contribution < 1.29 is 9.90 Å². The highest BCUT2D eigenvalue weighted by Gasteiger charge is 2.15. The van der Waals surface area contributed by atoms with Gasteiger partial charge in [-0.3, -0.25) is 14.7 Å². The number of aliphatic hydroxyl groups is 1. The average molecular weight is 355 g/mol. The Morgan fingerprint density at radius 2 is 2.12 bits per heavy atom. The van der Waals surface area contributed by atoms with Crippen molar-refractivity contribution in [2.24, 2.45) is 0 Å². The molecule has 0 saturated carbocycles. The molecule has 1 atom stereocenters. The minimum atomic E-state index is -0.361. The molecule has 1 amide bonds. The van der Waals surface area contributed by atoms with E-state index in [9.17, 15) is 14.7 Å². The zero-order valence-corrected chi connectivity index (χ0v) is 14.5. The molecule has 3 N–H and O–H groups in total. The second kappa shape index (κ2) is 7.92. The van der Waals surface area contributed by atoms with Crippen LogP contribution in [-0.2, 0) is 17.6 Å². The molecule has 3 rings (SSSR count). The van der Waals surface area contributed by atoms with Crippen LogP contribution in [-0.4, -0.2) is 43.2 Å². The Hall–Kier alpha value is -3.00. The summed E-state index contributed by atoms with van der Waals surface area (Å²) in [4.78, 5) is 32.9. The van der Waals surface area contributed by atoms with Gasteiger partial charge in [-0.2, -0.15) is 4.52 Å². The van der Waals surface area contributed by atoms with Gasteiger partial charge in [0.15, 0.2) is 0 Å². The Kier molecular flexibility index (Phi) is 5.43. The van der Waals surface area contributed by atoms with Gasteiger partial charge in [-0.1, -0.05) is 30.3 Å². The van der Waals surface area contributed by atoms with E-state index in [1.54, 1.807) is 6.92 Å². The first-order valence-electron chi connectivity index (χ1n) is 8.44. The van der Waals surface area contributed by atoms with E-state index in [1.165, 1.54) is 10.8 Å². The van der Waals surface area contributed by atoms with Crippen LogP contribution in [0.1, 0.15) is 23.2 Å². The fourth-order valence-electron chi connectivity index (χ4n) is 2.88. The summed E-state index contributed by atoms with van der Waals surface area (Å²) >= 11 is 0. The molecule has 0 bridgehead atoms. The Morgan fingerprint density at radius 3 is 2.85 bits per heavy atom. The van der Waals surface area contributed by atoms with Gasteiger partial charge in [0.1, 0.15) is 6.33 Å². The number of aryl methyl sites for hydroxylation is 1. The SMILES string of the molecule is Cc1nc2nc[nH]n2c(=O)c1CCC(=O)N[C@@H](CO)Cc1ccccc1. The van der Waals surface area contributed by atoms with Gasteiger partial charge in [-0.15, -0.1) is 0 Å². The highest BCUT2D eigenvalue weighted by molar-refractivity contribution is 5.76. The first kappa shape index (κ1) is 17.8. The van der Waals surface area contributed by atoms with Crippen LogP contribution in [0.2, 0.25) is 0 Å². The third-order valence-electron chi connectivity index (χ3n) is 4.25. The molecular formula is C18H21N5O3. The maximum Gasteiger partial charge on any atom is 0.277 e. The number of nitrogens with one attached hydrogen (secondary N) is 2.